The molecule has 33 heavy (non-hydrogen) atoms. The van der Waals surface area contributed by atoms with Gasteiger partial charge in [0.2, 0.25) is 18.6 Å². The number of rotatable bonds is 4. The second-order valence-electron chi connectivity index (χ2n) is 8.09. The maximum atomic E-state index is 13.2. The Morgan fingerprint density at radius 3 is 2.91 bits per heavy atom. The summed E-state index contributed by atoms with van der Waals surface area (Å²) in [5, 5.41) is 9.31. The van der Waals surface area contributed by atoms with E-state index in [1.807, 2.05) is 36.4 Å². The number of carbonyl (C=O) groups is 1. The molecule has 1 saturated heterocycles. The van der Waals surface area contributed by atoms with Crippen LogP contribution in [0.4, 0.5) is 0 Å². The summed E-state index contributed by atoms with van der Waals surface area (Å²) in [7, 11) is 1.58. The first-order valence-corrected chi connectivity index (χ1v) is 10.8. The number of hydrogen-bond donors (Lipinski definition) is 0. The second-order valence-corrected chi connectivity index (χ2v) is 8.09. The lowest BCUT2D eigenvalue weighted by Crippen LogP contribution is -2.39. The van der Waals surface area contributed by atoms with E-state index >= 15 is 0 Å². The molecule has 1 fully saturated rings. The summed E-state index contributed by atoms with van der Waals surface area (Å²) in [6.45, 7) is 1.33. The predicted octanol–water partition coefficient (Wildman–Crippen LogP) is 4.24. The molecule has 0 aliphatic carbocycles. The number of piperidine rings is 1. The van der Waals surface area contributed by atoms with E-state index in [9.17, 15) is 4.79 Å². The van der Waals surface area contributed by atoms with E-state index in [-0.39, 0.29) is 18.6 Å². The number of fused-ring (bicyclic) bond motifs is 2. The van der Waals surface area contributed by atoms with Crippen molar-refractivity contribution in [2.75, 3.05) is 27.0 Å². The Balaban J connectivity index is 1.21. The van der Waals surface area contributed by atoms with Gasteiger partial charge in [-0.15, -0.1) is 10.2 Å². The van der Waals surface area contributed by atoms with Crippen LogP contribution in [0.1, 0.15) is 35.2 Å². The highest BCUT2D eigenvalue weighted by atomic mass is 16.7. The van der Waals surface area contributed by atoms with Gasteiger partial charge in [-0.05, 0) is 43.2 Å². The average molecular weight is 447 g/mol. The maximum Gasteiger partial charge on any atom is 0.289 e. The molecule has 0 bridgehead atoms. The van der Waals surface area contributed by atoms with Gasteiger partial charge in [0.25, 0.3) is 5.91 Å². The van der Waals surface area contributed by atoms with Gasteiger partial charge in [0.15, 0.2) is 28.6 Å². The quantitative estimate of drug-likeness (QED) is 0.458. The first kappa shape index (κ1) is 19.7. The van der Waals surface area contributed by atoms with Gasteiger partial charge in [0.05, 0.1) is 13.0 Å². The smallest absolute Gasteiger partial charge is 0.289 e. The molecule has 168 valence electrons. The number of para-hydroxylation sites is 1. The van der Waals surface area contributed by atoms with Crippen LogP contribution in [0.3, 0.4) is 0 Å². The molecule has 0 spiro atoms. The van der Waals surface area contributed by atoms with E-state index in [0.29, 0.717) is 53.5 Å². The summed E-state index contributed by atoms with van der Waals surface area (Å²) in [6.07, 6.45) is 1.70. The van der Waals surface area contributed by atoms with Gasteiger partial charge >= 0.3 is 0 Å². The van der Waals surface area contributed by atoms with Gasteiger partial charge in [-0.3, -0.25) is 4.79 Å². The summed E-state index contributed by atoms with van der Waals surface area (Å²) in [6, 6.07) is 12.8. The van der Waals surface area contributed by atoms with Crippen molar-refractivity contribution in [3.63, 3.8) is 0 Å². The number of ether oxygens (including phenoxy) is 3. The van der Waals surface area contributed by atoms with Gasteiger partial charge in [-0.1, -0.05) is 12.1 Å². The summed E-state index contributed by atoms with van der Waals surface area (Å²) in [5.41, 5.74) is 1.33. The van der Waals surface area contributed by atoms with Crippen molar-refractivity contribution in [2.45, 2.75) is 18.8 Å². The molecule has 2 aliphatic rings. The van der Waals surface area contributed by atoms with Gasteiger partial charge in [0, 0.05) is 24.0 Å². The van der Waals surface area contributed by atoms with E-state index in [2.05, 4.69) is 10.2 Å². The van der Waals surface area contributed by atoms with Crippen LogP contribution < -0.4 is 14.2 Å². The van der Waals surface area contributed by atoms with E-state index < -0.39 is 0 Å². The zero-order valence-corrected chi connectivity index (χ0v) is 17.9. The Morgan fingerprint density at radius 1 is 1.09 bits per heavy atom. The fourth-order valence-electron chi connectivity index (χ4n) is 4.37. The van der Waals surface area contributed by atoms with E-state index in [4.69, 9.17) is 23.0 Å². The van der Waals surface area contributed by atoms with Crippen LogP contribution in [0.5, 0.6) is 17.2 Å². The second kappa shape index (κ2) is 7.84. The number of furan rings is 1. The normalized spacial score (nSPS) is 17.5. The molecular formula is C24H21N3O6. The number of amides is 1. The highest BCUT2D eigenvalue weighted by Crippen LogP contribution is 2.37. The molecule has 1 amide bonds. The van der Waals surface area contributed by atoms with Crippen LogP contribution >= 0.6 is 0 Å². The molecule has 2 aliphatic heterocycles. The third-order valence-electron chi connectivity index (χ3n) is 6.06. The summed E-state index contributed by atoms with van der Waals surface area (Å²) >= 11 is 0. The van der Waals surface area contributed by atoms with Crippen LogP contribution in [-0.2, 0) is 0 Å². The minimum Gasteiger partial charge on any atom is -0.493 e. The number of methoxy groups -OCH3 is 1. The molecule has 4 heterocycles. The Hall–Kier alpha value is -4.01. The van der Waals surface area contributed by atoms with Crippen molar-refractivity contribution in [3.8, 4) is 28.7 Å². The van der Waals surface area contributed by atoms with Crippen molar-refractivity contribution in [3.05, 3.63) is 54.1 Å². The zero-order valence-electron chi connectivity index (χ0n) is 17.9. The molecule has 0 N–H and O–H groups in total. The summed E-state index contributed by atoms with van der Waals surface area (Å²) in [4.78, 5) is 15.0. The highest BCUT2D eigenvalue weighted by molar-refractivity contribution is 5.97. The van der Waals surface area contributed by atoms with E-state index in [0.717, 1.165) is 23.8 Å². The van der Waals surface area contributed by atoms with Crippen LogP contribution in [0.15, 0.2) is 51.3 Å². The molecule has 6 rings (SSSR count). The minimum atomic E-state index is -0.159. The maximum absolute atomic E-state index is 13.2. The number of aromatic nitrogens is 2. The van der Waals surface area contributed by atoms with Crippen LogP contribution in [0.2, 0.25) is 0 Å². The predicted molar refractivity (Wildman–Crippen MR) is 117 cm³/mol. The molecule has 9 nitrogen and oxygen atoms in total. The molecule has 4 aromatic rings. The van der Waals surface area contributed by atoms with Gasteiger partial charge in [0.1, 0.15) is 0 Å². The third-order valence-corrected chi connectivity index (χ3v) is 6.06. The molecule has 1 atom stereocenters. The lowest BCUT2D eigenvalue weighted by molar-refractivity contribution is 0.0668. The largest absolute Gasteiger partial charge is 0.493 e. The fourth-order valence-corrected chi connectivity index (χ4v) is 4.37. The van der Waals surface area contributed by atoms with E-state index in [1.165, 1.54) is 0 Å². The Labute approximate surface area is 188 Å². The zero-order chi connectivity index (χ0) is 22.4. The summed E-state index contributed by atoms with van der Waals surface area (Å²) in [5.74, 6) is 2.98. The molecule has 0 radical (unpaired) electrons. The highest BCUT2D eigenvalue weighted by Gasteiger charge is 2.31. The number of nitrogens with zero attached hydrogens (tertiary/aromatic N) is 3. The molecule has 1 unspecified atom stereocenters. The first-order valence-electron chi connectivity index (χ1n) is 10.8. The number of likely N-dealkylation sites (tertiary alicyclic amines) is 1. The van der Waals surface area contributed by atoms with Crippen molar-refractivity contribution in [1.29, 1.82) is 0 Å². The topological polar surface area (TPSA) is 100 Å². The minimum absolute atomic E-state index is 0.0446. The monoisotopic (exact) mass is 447 g/mol. The lowest BCUT2D eigenvalue weighted by Gasteiger charge is -2.30. The Morgan fingerprint density at radius 2 is 2.00 bits per heavy atom. The van der Waals surface area contributed by atoms with Crippen molar-refractivity contribution >= 4 is 16.9 Å². The van der Waals surface area contributed by atoms with E-state index in [1.54, 1.807) is 18.1 Å². The van der Waals surface area contributed by atoms with Gasteiger partial charge in [-0.2, -0.15) is 0 Å². The van der Waals surface area contributed by atoms with Crippen LogP contribution in [0, 0.1) is 0 Å². The standard InChI is InChI=1S/C24H21N3O6/c1-29-18-6-2-4-14-10-20(32-21(14)18)24(28)27-9-3-5-16(12-27)23-26-25-22(33-23)15-7-8-17-19(11-15)31-13-30-17/h2,4,6-8,10-11,16H,3,5,9,12-13H2,1H3. The molecular weight excluding hydrogens is 426 g/mol. The molecule has 2 aromatic heterocycles. The molecule has 0 saturated carbocycles. The lowest BCUT2D eigenvalue weighted by atomic mass is 9.98. The summed E-state index contributed by atoms with van der Waals surface area (Å²) < 4.78 is 28.0. The molecule has 2 aromatic carbocycles. The van der Waals surface area contributed by atoms with Crippen molar-refractivity contribution in [1.82, 2.24) is 15.1 Å². The Kier molecular flexibility index (Phi) is 4.67. The number of carbonyl (C=O) groups excluding carboxylic acids is 1. The number of hydrogen-bond acceptors (Lipinski definition) is 8. The van der Waals surface area contributed by atoms with Crippen LogP contribution in [-0.4, -0.2) is 48.0 Å². The van der Waals surface area contributed by atoms with Crippen LogP contribution in [0.25, 0.3) is 22.4 Å². The third kappa shape index (κ3) is 3.45. The molecule has 9 heteroatoms. The number of benzene rings is 2. The van der Waals surface area contributed by atoms with Gasteiger partial charge in [-0.25, -0.2) is 0 Å². The van der Waals surface area contributed by atoms with Crippen molar-refractivity contribution < 1.29 is 27.8 Å². The average Bonchev–Trinajstić information content (AvgIpc) is 3.61. The Bertz CT molecular complexity index is 1340. The first-order chi connectivity index (χ1) is 16.2. The SMILES string of the molecule is COc1cccc2cc(C(=O)N3CCCC(c4nnc(-c5ccc6c(c5)OCO6)o4)C3)oc12. The van der Waals surface area contributed by atoms with Gasteiger partial charge < -0.3 is 27.9 Å². The fraction of sp³-hybridized carbons (Fsp3) is 0.292. The van der Waals surface area contributed by atoms with Crippen molar-refractivity contribution in [2.24, 2.45) is 0 Å².